The zero-order valence-corrected chi connectivity index (χ0v) is 10.7. The van der Waals surface area contributed by atoms with Crippen molar-refractivity contribution >= 4 is 0 Å². The van der Waals surface area contributed by atoms with Crippen LogP contribution in [0.5, 0.6) is 11.5 Å². The molecule has 0 amide bonds. The lowest BCUT2D eigenvalue weighted by molar-refractivity contribution is 0.0994. The summed E-state index contributed by atoms with van der Waals surface area (Å²) in [5, 5.41) is 9.11. The second-order valence-electron chi connectivity index (χ2n) is 6.00. The second-order valence-corrected chi connectivity index (χ2v) is 6.00. The minimum Gasteiger partial charge on any atom is -0.492 e. The molecule has 2 saturated carbocycles. The third-order valence-corrected chi connectivity index (χ3v) is 4.51. The molecule has 1 heterocycles. The first-order chi connectivity index (χ1) is 9.20. The molecule has 4 rings (SSSR count). The highest BCUT2D eigenvalue weighted by Crippen LogP contribution is 2.59. The summed E-state index contributed by atoms with van der Waals surface area (Å²) in [7, 11) is 0. The molecule has 2 aliphatic carbocycles. The maximum Gasteiger partial charge on any atom is 0.128 e. The van der Waals surface area contributed by atoms with E-state index in [-0.39, 0.29) is 17.6 Å². The summed E-state index contributed by atoms with van der Waals surface area (Å²) in [6, 6.07) is 6.14. The van der Waals surface area contributed by atoms with Crippen molar-refractivity contribution in [3.63, 3.8) is 0 Å². The van der Waals surface area contributed by atoms with Crippen LogP contribution in [0, 0.1) is 11.3 Å². The van der Waals surface area contributed by atoms with Crippen LogP contribution < -0.4 is 15.2 Å². The standard InChI is InChI=1S/C15H16N2O2/c16-7-9-3-12-14(15(1-2-15)8-18-12)13(4-9)19-11-5-10(17)6-11/h3-4,10-11H,1-2,5-6,8,17H2. The summed E-state index contributed by atoms with van der Waals surface area (Å²) in [6.45, 7) is 0.734. The predicted molar refractivity (Wildman–Crippen MR) is 69.2 cm³/mol. The molecular weight excluding hydrogens is 240 g/mol. The van der Waals surface area contributed by atoms with Crippen molar-refractivity contribution in [2.75, 3.05) is 6.61 Å². The van der Waals surface area contributed by atoms with E-state index in [2.05, 4.69) is 6.07 Å². The van der Waals surface area contributed by atoms with Gasteiger partial charge in [0.15, 0.2) is 0 Å². The van der Waals surface area contributed by atoms with Crippen molar-refractivity contribution in [3.05, 3.63) is 23.3 Å². The third-order valence-electron chi connectivity index (χ3n) is 4.51. The van der Waals surface area contributed by atoms with E-state index >= 15 is 0 Å². The minimum atomic E-state index is 0.171. The summed E-state index contributed by atoms with van der Waals surface area (Å²) >= 11 is 0. The summed E-state index contributed by atoms with van der Waals surface area (Å²) in [5.41, 5.74) is 7.76. The number of nitrogens with two attached hydrogens (primary N) is 1. The molecule has 0 bridgehead atoms. The first-order valence-corrected chi connectivity index (χ1v) is 6.84. The van der Waals surface area contributed by atoms with Gasteiger partial charge in [-0.3, -0.25) is 0 Å². The Balaban J connectivity index is 1.72. The van der Waals surface area contributed by atoms with Gasteiger partial charge in [-0.1, -0.05) is 0 Å². The Hall–Kier alpha value is -1.73. The highest BCUT2D eigenvalue weighted by Gasteiger charge is 2.53. The number of hydrogen-bond acceptors (Lipinski definition) is 4. The molecule has 0 unspecified atom stereocenters. The molecule has 0 atom stereocenters. The van der Waals surface area contributed by atoms with Crippen LogP contribution in [0.15, 0.2) is 12.1 Å². The molecule has 1 aliphatic heterocycles. The Labute approximate surface area is 112 Å². The molecule has 0 aromatic heterocycles. The van der Waals surface area contributed by atoms with E-state index < -0.39 is 0 Å². The molecule has 1 aromatic rings. The largest absolute Gasteiger partial charge is 0.492 e. The SMILES string of the molecule is N#Cc1cc2c(c(OC3CC(N)C3)c1)C1(CC1)CO2. The first kappa shape index (κ1) is 11.1. The monoisotopic (exact) mass is 256 g/mol. The van der Waals surface area contributed by atoms with Crippen LogP contribution in [0.3, 0.4) is 0 Å². The van der Waals surface area contributed by atoms with Crippen LogP contribution in [0.2, 0.25) is 0 Å². The molecular formula is C15H16N2O2. The predicted octanol–water partition coefficient (Wildman–Crippen LogP) is 1.85. The van der Waals surface area contributed by atoms with E-state index in [1.54, 1.807) is 0 Å². The van der Waals surface area contributed by atoms with Gasteiger partial charge in [-0.2, -0.15) is 5.26 Å². The fraction of sp³-hybridized carbons (Fsp3) is 0.533. The zero-order valence-electron chi connectivity index (χ0n) is 10.7. The van der Waals surface area contributed by atoms with Crippen LogP contribution in [-0.2, 0) is 5.41 Å². The third kappa shape index (κ3) is 1.62. The average Bonchev–Trinajstić information content (AvgIpc) is 3.04. The summed E-state index contributed by atoms with van der Waals surface area (Å²) in [5.74, 6) is 1.69. The van der Waals surface area contributed by atoms with Crippen molar-refractivity contribution in [1.29, 1.82) is 5.26 Å². The van der Waals surface area contributed by atoms with Crippen molar-refractivity contribution in [1.82, 2.24) is 0 Å². The van der Waals surface area contributed by atoms with Crippen LogP contribution in [-0.4, -0.2) is 18.8 Å². The Kier molecular flexibility index (Phi) is 2.13. The van der Waals surface area contributed by atoms with Gasteiger partial charge >= 0.3 is 0 Å². The van der Waals surface area contributed by atoms with E-state index in [0.29, 0.717) is 5.56 Å². The van der Waals surface area contributed by atoms with Gasteiger partial charge in [0.1, 0.15) is 17.6 Å². The van der Waals surface area contributed by atoms with Crippen molar-refractivity contribution in [3.8, 4) is 17.6 Å². The number of hydrogen-bond donors (Lipinski definition) is 1. The van der Waals surface area contributed by atoms with Gasteiger partial charge in [-0.25, -0.2) is 0 Å². The van der Waals surface area contributed by atoms with Crippen molar-refractivity contribution in [2.45, 2.75) is 43.2 Å². The maximum atomic E-state index is 9.11. The number of nitriles is 1. The molecule has 0 saturated heterocycles. The quantitative estimate of drug-likeness (QED) is 0.876. The molecule has 4 heteroatoms. The van der Waals surface area contributed by atoms with E-state index in [0.717, 1.165) is 43.8 Å². The Morgan fingerprint density at radius 1 is 1.37 bits per heavy atom. The van der Waals surface area contributed by atoms with E-state index in [1.165, 1.54) is 5.56 Å². The lowest BCUT2D eigenvalue weighted by Gasteiger charge is -2.33. The molecule has 2 N–H and O–H groups in total. The fourth-order valence-corrected chi connectivity index (χ4v) is 3.10. The molecule has 0 radical (unpaired) electrons. The topological polar surface area (TPSA) is 68.3 Å². The Morgan fingerprint density at radius 2 is 2.16 bits per heavy atom. The lowest BCUT2D eigenvalue weighted by atomic mass is 9.89. The summed E-state index contributed by atoms with van der Waals surface area (Å²) in [4.78, 5) is 0. The zero-order chi connectivity index (χ0) is 13.0. The molecule has 19 heavy (non-hydrogen) atoms. The molecule has 3 aliphatic rings. The summed E-state index contributed by atoms with van der Waals surface area (Å²) < 4.78 is 11.8. The summed E-state index contributed by atoms with van der Waals surface area (Å²) in [6.07, 6.45) is 4.32. The normalized spacial score (nSPS) is 29.1. The smallest absolute Gasteiger partial charge is 0.128 e. The number of rotatable bonds is 2. The van der Waals surface area contributed by atoms with Gasteiger partial charge in [0.05, 0.1) is 18.2 Å². The number of benzene rings is 1. The Bertz CT molecular complexity index is 581. The van der Waals surface area contributed by atoms with Crippen LogP contribution >= 0.6 is 0 Å². The van der Waals surface area contributed by atoms with E-state index in [4.69, 9.17) is 20.5 Å². The van der Waals surface area contributed by atoms with Gasteiger partial charge in [0, 0.05) is 17.0 Å². The molecule has 98 valence electrons. The number of ether oxygens (including phenoxy) is 2. The maximum absolute atomic E-state index is 9.11. The van der Waals surface area contributed by atoms with Gasteiger partial charge in [-0.15, -0.1) is 0 Å². The molecule has 1 aromatic carbocycles. The van der Waals surface area contributed by atoms with E-state index in [9.17, 15) is 0 Å². The highest BCUT2D eigenvalue weighted by atomic mass is 16.5. The molecule has 1 spiro atoms. The Morgan fingerprint density at radius 3 is 2.79 bits per heavy atom. The molecule has 4 nitrogen and oxygen atoms in total. The first-order valence-electron chi connectivity index (χ1n) is 6.84. The second kappa shape index (κ2) is 3.64. The van der Waals surface area contributed by atoms with Gasteiger partial charge in [0.2, 0.25) is 0 Å². The van der Waals surface area contributed by atoms with Crippen molar-refractivity contribution in [2.24, 2.45) is 5.73 Å². The van der Waals surface area contributed by atoms with Crippen LogP contribution in [0.1, 0.15) is 36.8 Å². The fourth-order valence-electron chi connectivity index (χ4n) is 3.10. The van der Waals surface area contributed by atoms with Gasteiger partial charge in [-0.05, 0) is 37.8 Å². The number of fused-ring (bicyclic) bond motifs is 2. The number of nitrogens with zero attached hydrogens (tertiary/aromatic N) is 1. The minimum absolute atomic E-state index is 0.171. The molecule has 2 fully saturated rings. The van der Waals surface area contributed by atoms with E-state index in [1.807, 2.05) is 12.1 Å². The van der Waals surface area contributed by atoms with Gasteiger partial charge < -0.3 is 15.2 Å². The van der Waals surface area contributed by atoms with Crippen molar-refractivity contribution < 1.29 is 9.47 Å². The highest BCUT2D eigenvalue weighted by molar-refractivity contribution is 5.59. The lowest BCUT2D eigenvalue weighted by Crippen LogP contribution is -2.43. The average molecular weight is 256 g/mol. The van der Waals surface area contributed by atoms with Crippen LogP contribution in [0.4, 0.5) is 0 Å². The van der Waals surface area contributed by atoms with Crippen LogP contribution in [0.25, 0.3) is 0 Å². The van der Waals surface area contributed by atoms with Gasteiger partial charge in [0.25, 0.3) is 0 Å².